The number of hydrogen-bond acceptors (Lipinski definition) is 2. The summed E-state index contributed by atoms with van der Waals surface area (Å²) in [6, 6.07) is 0. The number of amides is 1. The van der Waals surface area contributed by atoms with Gasteiger partial charge >= 0.3 is 0 Å². The van der Waals surface area contributed by atoms with Crippen molar-refractivity contribution >= 4 is 5.91 Å². The highest BCUT2D eigenvalue weighted by Gasteiger charge is 2.16. The molecule has 1 fully saturated rings. The predicted octanol–water partition coefficient (Wildman–Crippen LogP) is 3.83. The number of rotatable bonds is 8. The monoisotopic (exact) mass is 284 g/mol. The molecule has 0 atom stereocenters. The van der Waals surface area contributed by atoms with E-state index in [-0.39, 0.29) is 5.91 Å². The number of likely N-dealkylation sites (tertiary alicyclic amines) is 1. The number of carbonyl (C=O) groups excluding carboxylic acids is 1. The molecule has 1 rings (SSSR count). The van der Waals surface area contributed by atoms with Gasteiger partial charge in [-0.2, -0.15) is 0 Å². The van der Waals surface area contributed by atoms with Gasteiger partial charge in [0.05, 0.1) is 0 Å². The molecule has 0 radical (unpaired) electrons. The maximum Gasteiger partial charge on any atom is 0.219 e. The molecule has 1 aliphatic rings. The van der Waals surface area contributed by atoms with Gasteiger partial charge in [0.1, 0.15) is 0 Å². The maximum absolute atomic E-state index is 11.3. The van der Waals surface area contributed by atoms with Crippen molar-refractivity contribution in [1.82, 2.24) is 10.2 Å². The van der Waals surface area contributed by atoms with Gasteiger partial charge in [0.25, 0.3) is 0 Å². The first-order valence-electron chi connectivity index (χ1n) is 8.75. The molecule has 0 bridgehead atoms. The Balaban J connectivity index is 0.00000172. The van der Waals surface area contributed by atoms with Gasteiger partial charge in [0, 0.05) is 13.0 Å². The summed E-state index contributed by atoms with van der Waals surface area (Å²) in [4.78, 5) is 13.8. The Labute approximate surface area is 126 Å². The summed E-state index contributed by atoms with van der Waals surface area (Å²) < 4.78 is 0. The standard InChI is InChI=1S/C15H30N2O.C2H6/c1-3-7-15(18)16-10-5-6-11-17-12-8-14(4-2)9-13-17;1-2/h14H,3-13H2,1-2H3,(H,16,18);1-2H3. The van der Waals surface area contributed by atoms with E-state index in [0.29, 0.717) is 6.42 Å². The molecule has 1 aliphatic heterocycles. The van der Waals surface area contributed by atoms with E-state index < -0.39 is 0 Å². The van der Waals surface area contributed by atoms with E-state index in [0.717, 1.165) is 25.3 Å². The largest absolute Gasteiger partial charge is 0.356 e. The van der Waals surface area contributed by atoms with Crippen LogP contribution < -0.4 is 5.32 Å². The zero-order valence-corrected chi connectivity index (χ0v) is 14.2. The smallest absolute Gasteiger partial charge is 0.219 e. The summed E-state index contributed by atoms with van der Waals surface area (Å²) in [6.45, 7) is 13.0. The van der Waals surface area contributed by atoms with Crippen molar-refractivity contribution in [3.8, 4) is 0 Å². The van der Waals surface area contributed by atoms with Crippen LogP contribution in [-0.4, -0.2) is 37.0 Å². The van der Waals surface area contributed by atoms with Crippen LogP contribution in [0.1, 0.15) is 72.6 Å². The summed E-state index contributed by atoms with van der Waals surface area (Å²) in [5.74, 6) is 1.18. The van der Waals surface area contributed by atoms with Crippen LogP contribution in [-0.2, 0) is 4.79 Å². The fourth-order valence-corrected chi connectivity index (χ4v) is 2.62. The second-order valence-corrected chi connectivity index (χ2v) is 5.50. The Morgan fingerprint density at radius 3 is 2.35 bits per heavy atom. The van der Waals surface area contributed by atoms with E-state index in [1.807, 2.05) is 20.8 Å². The third kappa shape index (κ3) is 9.35. The predicted molar refractivity (Wildman–Crippen MR) is 88.0 cm³/mol. The van der Waals surface area contributed by atoms with E-state index in [4.69, 9.17) is 0 Å². The third-order valence-corrected chi connectivity index (χ3v) is 3.98. The Hall–Kier alpha value is -0.570. The Bertz CT molecular complexity index is 223. The van der Waals surface area contributed by atoms with Crippen molar-refractivity contribution in [2.45, 2.75) is 72.6 Å². The fraction of sp³-hybridized carbons (Fsp3) is 0.941. The quantitative estimate of drug-likeness (QED) is 0.687. The second kappa shape index (κ2) is 13.4. The first-order valence-corrected chi connectivity index (χ1v) is 8.75. The molecule has 120 valence electrons. The highest BCUT2D eigenvalue weighted by Crippen LogP contribution is 2.19. The Morgan fingerprint density at radius 1 is 1.15 bits per heavy atom. The highest BCUT2D eigenvalue weighted by atomic mass is 16.1. The molecule has 3 nitrogen and oxygen atoms in total. The van der Waals surface area contributed by atoms with E-state index in [1.54, 1.807) is 0 Å². The number of carbonyl (C=O) groups is 1. The van der Waals surface area contributed by atoms with Crippen LogP contribution in [0.15, 0.2) is 0 Å². The molecule has 0 spiro atoms. The fourth-order valence-electron chi connectivity index (χ4n) is 2.62. The molecule has 0 saturated carbocycles. The molecule has 1 heterocycles. The zero-order valence-electron chi connectivity index (χ0n) is 14.2. The molecule has 1 amide bonds. The molecule has 0 unspecified atom stereocenters. The van der Waals surface area contributed by atoms with Crippen LogP contribution in [0.4, 0.5) is 0 Å². The summed E-state index contributed by atoms with van der Waals surface area (Å²) in [6.07, 6.45) is 8.04. The molecule has 0 aliphatic carbocycles. The number of nitrogens with zero attached hydrogens (tertiary/aromatic N) is 1. The van der Waals surface area contributed by atoms with E-state index in [9.17, 15) is 4.79 Å². The number of piperidine rings is 1. The van der Waals surface area contributed by atoms with Crippen molar-refractivity contribution in [3.05, 3.63) is 0 Å². The molecule has 20 heavy (non-hydrogen) atoms. The normalized spacial score (nSPS) is 16.4. The van der Waals surface area contributed by atoms with E-state index in [2.05, 4.69) is 17.1 Å². The minimum Gasteiger partial charge on any atom is -0.356 e. The summed E-state index contributed by atoms with van der Waals surface area (Å²) >= 11 is 0. The second-order valence-electron chi connectivity index (χ2n) is 5.50. The molecule has 0 aromatic heterocycles. The lowest BCUT2D eigenvalue weighted by molar-refractivity contribution is -0.121. The Morgan fingerprint density at radius 2 is 1.80 bits per heavy atom. The van der Waals surface area contributed by atoms with Gasteiger partial charge in [0.2, 0.25) is 5.91 Å². The van der Waals surface area contributed by atoms with Crippen LogP contribution in [0.3, 0.4) is 0 Å². The van der Waals surface area contributed by atoms with Crippen molar-refractivity contribution in [1.29, 1.82) is 0 Å². The summed E-state index contributed by atoms with van der Waals surface area (Å²) in [5, 5.41) is 2.98. The Kier molecular flexibility index (Phi) is 13.0. The molecule has 1 N–H and O–H groups in total. The van der Waals surface area contributed by atoms with Crippen LogP contribution in [0.25, 0.3) is 0 Å². The van der Waals surface area contributed by atoms with Gasteiger partial charge in [-0.3, -0.25) is 4.79 Å². The van der Waals surface area contributed by atoms with Crippen LogP contribution in [0, 0.1) is 5.92 Å². The minimum atomic E-state index is 0.210. The van der Waals surface area contributed by atoms with E-state index >= 15 is 0 Å². The van der Waals surface area contributed by atoms with Gasteiger partial charge in [-0.15, -0.1) is 0 Å². The number of unbranched alkanes of at least 4 members (excludes halogenated alkanes) is 1. The topological polar surface area (TPSA) is 32.3 Å². The van der Waals surface area contributed by atoms with Crippen molar-refractivity contribution in [2.24, 2.45) is 5.92 Å². The summed E-state index contributed by atoms with van der Waals surface area (Å²) in [5.41, 5.74) is 0. The van der Waals surface area contributed by atoms with Crippen molar-refractivity contribution < 1.29 is 4.79 Å². The van der Waals surface area contributed by atoms with E-state index in [1.165, 1.54) is 45.3 Å². The van der Waals surface area contributed by atoms with Crippen LogP contribution in [0.2, 0.25) is 0 Å². The first-order chi connectivity index (χ1) is 9.76. The maximum atomic E-state index is 11.3. The number of hydrogen-bond donors (Lipinski definition) is 1. The molecular formula is C17H36N2O. The molecular weight excluding hydrogens is 248 g/mol. The average molecular weight is 284 g/mol. The average Bonchev–Trinajstić information content (AvgIpc) is 2.50. The SMILES string of the molecule is CC.CCCC(=O)NCCCCN1CCC(CC)CC1. The molecule has 0 aromatic carbocycles. The van der Waals surface area contributed by atoms with Crippen molar-refractivity contribution in [2.75, 3.05) is 26.2 Å². The van der Waals surface area contributed by atoms with Crippen molar-refractivity contribution in [3.63, 3.8) is 0 Å². The lowest BCUT2D eigenvalue weighted by Crippen LogP contribution is -2.34. The van der Waals surface area contributed by atoms with Crippen LogP contribution in [0.5, 0.6) is 0 Å². The molecule has 3 heteroatoms. The van der Waals surface area contributed by atoms with Gasteiger partial charge in [0.15, 0.2) is 0 Å². The minimum absolute atomic E-state index is 0.210. The molecule has 0 aromatic rings. The van der Waals surface area contributed by atoms with Gasteiger partial charge in [-0.05, 0) is 57.7 Å². The zero-order chi connectivity index (χ0) is 15.2. The lowest BCUT2D eigenvalue weighted by atomic mass is 9.94. The highest BCUT2D eigenvalue weighted by molar-refractivity contribution is 5.75. The first kappa shape index (κ1) is 19.4. The molecule has 1 saturated heterocycles. The third-order valence-electron chi connectivity index (χ3n) is 3.98. The van der Waals surface area contributed by atoms with Gasteiger partial charge in [-0.1, -0.05) is 34.1 Å². The van der Waals surface area contributed by atoms with Gasteiger partial charge < -0.3 is 10.2 Å². The lowest BCUT2D eigenvalue weighted by Gasteiger charge is -2.31. The summed E-state index contributed by atoms with van der Waals surface area (Å²) in [7, 11) is 0. The number of nitrogens with one attached hydrogen (secondary N) is 1. The van der Waals surface area contributed by atoms with Crippen LogP contribution >= 0.6 is 0 Å². The van der Waals surface area contributed by atoms with Gasteiger partial charge in [-0.25, -0.2) is 0 Å².